The van der Waals surface area contributed by atoms with Gasteiger partial charge in [0, 0.05) is 25.3 Å². The third-order valence-corrected chi connectivity index (χ3v) is 4.78. The van der Waals surface area contributed by atoms with Crippen LogP contribution in [-0.2, 0) is 13.5 Å². The van der Waals surface area contributed by atoms with Crippen LogP contribution in [0.3, 0.4) is 0 Å². The molecule has 3 N–H and O–H groups in total. The van der Waals surface area contributed by atoms with Crippen LogP contribution in [0.2, 0.25) is 0 Å². The standard InChI is InChI=1S/C21H33N5O.HI/c1-7-22-21(23-13-20(27)18-10-8-14(2)9-11-18)24-15(3)12-19-16(4)25-26(6)17(19)5;/h8-11,15,20,27H,7,12-13H2,1-6H3,(H2,22,23,24);1H. The SMILES string of the molecule is CCNC(=NCC(O)c1ccc(C)cc1)NC(C)Cc1c(C)nn(C)c1C.I. The predicted molar refractivity (Wildman–Crippen MR) is 127 cm³/mol. The minimum Gasteiger partial charge on any atom is -0.386 e. The maximum absolute atomic E-state index is 10.4. The van der Waals surface area contributed by atoms with Crippen LogP contribution < -0.4 is 10.6 Å². The smallest absolute Gasteiger partial charge is 0.191 e. The molecular weight excluding hydrogens is 465 g/mol. The van der Waals surface area contributed by atoms with Crippen molar-refractivity contribution in [3.05, 3.63) is 52.3 Å². The molecule has 6 nitrogen and oxygen atoms in total. The van der Waals surface area contributed by atoms with Gasteiger partial charge in [0.2, 0.25) is 0 Å². The number of nitrogens with one attached hydrogen (secondary N) is 2. The molecule has 0 aliphatic heterocycles. The molecule has 0 aliphatic rings. The highest BCUT2D eigenvalue weighted by Gasteiger charge is 2.14. The summed E-state index contributed by atoms with van der Waals surface area (Å²) >= 11 is 0. The number of hydrogen-bond donors (Lipinski definition) is 3. The van der Waals surface area contributed by atoms with Gasteiger partial charge in [0.05, 0.1) is 18.3 Å². The Morgan fingerprint density at radius 3 is 2.39 bits per heavy atom. The molecule has 0 saturated heterocycles. The number of aliphatic hydroxyl groups is 1. The maximum atomic E-state index is 10.4. The van der Waals surface area contributed by atoms with Gasteiger partial charge < -0.3 is 15.7 Å². The van der Waals surface area contributed by atoms with Crippen LogP contribution in [0, 0.1) is 20.8 Å². The van der Waals surface area contributed by atoms with E-state index in [1.165, 1.54) is 16.8 Å². The van der Waals surface area contributed by atoms with E-state index in [4.69, 9.17) is 0 Å². The first-order valence-electron chi connectivity index (χ1n) is 9.60. The predicted octanol–water partition coefficient (Wildman–Crippen LogP) is 3.18. The molecule has 28 heavy (non-hydrogen) atoms. The normalized spacial score (nSPS) is 13.6. The molecule has 0 radical (unpaired) electrons. The van der Waals surface area contributed by atoms with Crippen molar-refractivity contribution in [2.24, 2.45) is 12.0 Å². The lowest BCUT2D eigenvalue weighted by Crippen LogP contribution is -2.43. The van der Waals surface area contributed by atoms with Crippen LogP contribution in [0.15, 0.2) is 29.3 Å². The Labute approximate surface area is 185 Å². The molecule has 2 aromatic rings. The number of guanidine groups is 1. The molecule has 2 atom stereocenters. The molecule has 0 spiro atoms. The molecular formula is C21H34IN5O. The molecule has 2 rings (SSSR count). The van der Waals surface area contributed by atoms with Gasteiger partial charge in [0.1, 0.15) is 0 Å². The van der Waals surface area contributed by atoms with E-state index in [1.807, 2.05) is 56.8 Å². The molecule has 156 valence electrons. The van der Waals surface area contributed by atoms with E-state index in [0.717, 1.165) is 30.2 Å². The van der Waals surface area contributed by atoms with Crippen LogP contribution in [-0.4, -0.2) is 40.0 Å². The Kier molecular flexibility index (Phi) is 9.95. The van der Waals surface area contributed by atoms with E-state index < -0.39 is 6.10 Å². The quantitative estimate of drug-likeness (QED) is 0.311. The molecule has 0 aliphatic carbocycles. The number of nitrogens with zero attached hydrogens (tertiary/aromatic N) is 3. The Hall–Kier alpha value is -1.61. The second-order valence-electron chi connectivity index (χ2n) is 7.17. The van der Waals surface area contributed by atoms with Gasteiger partial charge in [-0.3, -0.25) is 9.67 Å². The van der Waals surface area contributed by atoms with Crippen LogP contribution in [0.5, 0.6) is 0 Å². The van der Waals surface area contributed by atoms with E-state index in [0.29, 0.717) is 6.54 Å². The van der Waals surface area contributed by atoms with Crippen molar-refractivity contribution < 1.29 is 5.11 Å². The molecule has 1 heterocycles. The van der Waals surface area contributed by atoms with Crippen molar-refractivity contribution in [2.75, 3.05) is 13.1 Å². The van der Waals surface area contributed by atoms with Gasteiger partial charge in [-0.05, 0) is 52.2 Å². The average Bonchev–Trinajstić information content (AvgIpc) is 2.86. The Morgan fingerprint density at radius 2 is 1.86 bits per heavy atom. The van der Waals surface area contributed by atoms with Crippen LogP contribution in [0.1, 0.15) is 48.0 Å². The van der Waals surface area contributed by atoms with Gasteiger partial charge in [-0.1, -0.05) is 29.8 Å². The minimum absolute atomic E-state index is 0. The lowest BCUT2D eigenvalue weighted by atomic mass is 10.1. The summed E-state index contributed by atoms with van der Waals surface area (Å²) in [6.45, 7) is 11.4. The highest BCUT2D eigenvalue weighted by Crippen LogP contribution is 2.15. The minimum atomic E-state index is -0.612. The van der Waals surface area contributed by atoms with Gasteiger partial charge in [-0.15, -0.1) is 24.0 Å². The fraction of sp³-hybridized carbons (Fsp3) is 0.524. The van der Waals surface area contributed by atoms with Gasteiger partial charge in [0.15, 0.2) is 5.96 Å². The highest BCUT2D eigenvalue weighted by molar-refractivity contribution is 14.0. The van der Waals surface area contributed by atoms with E-state index in [9.17, 15) is 5.11 Å². The molecule has 0 saturated carbocycles. The Balaban J connectivity index is 0.00000392. The number of rotatable bonds is 7. The van der Waals surface area contributed by atoms with E-state index in [2.05, 4.69) is 34.6 Å². The number of aryl methyl sites for hydroxylation is 3. The Bertz CT molecular complexity index is 770. The first kappa shape index (κ1) is 24.4. The number of halogens is 1. The van der Waals surface area contributed by atoms with Crippen molar-refractivity contribution in [1.29, 1.82) is 0 Å². The highest BCUT2D eigenvalue weighted by atomic mass is 127. The van der Waals surface area contributed by atoms with E-state index in [-0.39, 0.29) is 30.0 Å². The summed E-state index contributed by atoms with van der Waals surface area (Å²) in [6.07, 6.45) is 0.260. The van der Waals surface area contributed by atoms with Crippen molar-refractivity contribution >= 4 is 29.9 Å². The molecule has 1 aromatic heterocycles. The van der Waals surface area contributed by atoms with Crippen molar-refractivity contribution in [2.45, 2.75) is 53.2 Å². The molecule has 2 unspecified atom stereocenters. The molecule has 0 bridgehead atoms. The summed E-state index contributed by atoms with van der Waals surface area (Å²) in [7, 11) is 1.97. The fourth-order valence-electron chi connectivity index (χ4n) is 3.10. The summed E-state index contributed by atoms with van der Waals surface area (Å²) in [5.41, 5.74) is 5.60. The van der Waals surface area contributed by atoms with Crippen LogP contribution in [0.25, 0.3) is 0 Å². The lowest BCUT2D eigenvalue weighted by Gasteiger charge is -2.19. The molecule has 0 amide bonds. The van der Waals surface area contributed by atoms with Crippen molar-refractivity contribution in [3.8, 4) is 0 Å². The van der Waals surface area contributed by atoms with Gasteiger partial charge in [-0.25, -0.2) is 0 Å². The zero-order valence-corrected chi connectivity index (χ0v) is 20.1. The number of aliphatic hydroxyl groups excluding tert-OH is 1. The summed E-state index contributed by atoms with van der Waals surface area (Å²) in [5, 5.41) is 21.6. The second-order valence-corrected chi connectivity index (χ2v) is 7.17. The first-order chi connectivity index (χ1) is 12.8. The topological polar surface area (TPSA) is 74.5 Å². The lowest BCUT2D eigenvalue weighted by molar-refractivity contribution is 0.187. The number of aliphatic imine (C=N–C) groups is 1. The molecule has 0 fully saturated rings. The summed E-state index contributed by atoms with van der Waals surface area (Å²) in [4.78, 5) is 4.57. The number of benzene rings is 1. The summed E-state index contributed by atoms with van der Waals surface area (Å²) < 4.78 is 1.93. The molecule has 1 aromatic carbocycles. The largest absolute Gasteiger partial charge is 0.386 e. The monoisotopic (exact) mass is 499 g/mol. The number of aromatic nitrogens is 2. The zero-order valence-electron chi connectivity index (χ0n) is 17.8. The zero-order chi connectivity index (χ0) is 20.0. The molecule has 7 heteroatoms. The number of hydrogen-bond acceptors (Lipinski definition) is 3. The van der Waals surface area contributed by atoms with E-state index in [1.54, 1.807) is 0 Å². The summed E-state index contributed by atoms with van der Waals surface area (Å²) in [5.74, 6) is 0.718. The summed E-state index contributed by atoms with van der Waals surface area (Å²) in [6, 6.07) is 8.11. The van der Waals surface area contributed by atoms with Crippen molar-refractivity contribution in [3.63, 3.8) is 0 Å². The maximum Gasteiger partial charge on any atom is 0.191 e. The fourth-order valence-corrected chi connectivity index (χ4v) is 3.10. The average molecular weight is 499 g/mol. The van der Waals surface area contributed by atoms with Crippen LogP contribution >= 0.6 is 24.0 Å². The second kappa shape index (κ2) is 11.4. The van der Waals surface area contributed by atoms with Gasteiger partial charge in [-0.2, -0.15) is 5.10 Å². The van der Waals surface area contributed by atoms with E-state index >= 15 is 0 Å². The van der Waals surface area contributed by atoms with Crippen molar-refractivity contribution in [1.82, 2.24) is 20.4 Å². The first-order valence-corrected chi connectivity index (χ1v) is 9.60. The van der Waals surface area contributed by atoms with Gasteiger partial charge >= 0.3 is 0 Å². The Morgan fingerprint density at radius 1 is 1.21 bits per heavy atom. The van der Waals surface area contributed by atoms with Crippen LogP contribution in [0.4, 0.5) is 0 Å². The third-order valence-electron chi connectivity index (χ3n) is 4.78. The third kappa shape index (κ3) is 6.77. The van der Waals surface area contributed by atoms with Gasteiger partial charge in [0.25, 0.3) is 0 Å².